The van der Waals surface area contributed by atoms with Gasteiger partial charge in [0.2, 0.25) is 0 Å². The number of nitrogens with zero attached hydrogens (tertiary/aromatic N) is 1. The summed E-state index contributed by atoms with van der Waals surface area (Å²) in [6.07, 6.45) is 7.24. The van der Waals surface area contributed by atoms with Crippen LogP contribution < -0.4 is 5.32 Å². The first-order valence-electron chi connectivity index (χ1n) is 6.83. The molecule has 0 atom stereocenters. The van der Waals surface area contributed by atoms with E-state index in [-0.39, 0.29) is 5.69 Å². The van der Waals surface area contributed by atoms with Crippen LogP contribution in [0.2, 0.25) is 5.02 Å². The molecule has 19 heavy (non-hydrogen) atoms. The second kappa shape index (κ2) is 8.75. The summed E-state index contributed by atoms with van der Waals surface area (Å²) in [4.78, 5) is 10.5. The minimum absolute atomic E-state index is 0.0403. The fraction of sp³-hybridized carbons (Fsp3) is 0.571. The molecule has 0 fully saturated rings. The van der Waals surface area contributed by atoms with Crippen molar-refractivity contribution in [2.24, 2.45) is 0 Å². The second-order valence-electron chi connectivity index (χ2n) is 4.61. The highest BCUT2D eigenvalue weighted by Crippen LogP contribution is 2.27. The van der Waals surface area contributed by atoms with Crippen LogP contribution in [0.15, 0.2) is 18.2 Å². The third-order valence-electron chi connectivity index (χ3n) is 3.00. The molecule has 0 aliphatic carbocycles. The molecule has 0 heterocycles. The van der Waals surface area contributed by atoms with Crippen LogP contribution >= 0.6 is 11.6 Å². The predicted molar refractivity (Wildman–Crippen MR) is 80.0 cm³/mol. The average Bonchev–Trinajstić information content (AvgIpc) is 2.39. The zero-order valence-corrected chi connectivity index (χ0v) is 12.1. The van der Waals surface area contributed by atoms with E-state index in [0.29, 0.717) is 10.7 Å². The molecule has 0 spiro atoms. The van der Waals surface area contributed by atoms with Crippen molar-refractivity contribution in [2.45, 2.75) is 45.4 Å². The molecule has 0 aromatic heterocycles. The predicted octanol–water partition coefficient (Wildman–Crippen LogP) is 5.02. The lowest BCUT2D eigenvalue weighted by Gasteiger charge is -2.07. The number of hydrogen-bond donors (Lipinski definition) is 1. The van der Waals surface area contributed by atoms with E-state index in [1.165, 1.54) is 31.7 Å². The molecule has 0 unspecified atom stereocenters. The Labute approximate surface area is 119 Å². The minimum atomic E-state index is -0.407. The molecule has 0 aliphatic rings. The Hall–Kier alpha value is -1.29. The van der Waals surface area contributed by atoms with Gasteiger partial charge in [0.15, 0.2) is 0 Å². The first-order valence-corrected chi connectivity index (χ1v) is 7.20. The maximum absolute atomic E-state index is 10.9. The molecule has 1 rings (SSSR count). The number of unbranched alkanes of at least 4 members (excludes halogenated alkanes) is 5. The van der Waals surface area contributed by atoms with Crippen molar-refractivity contribution in [1.29, 1.82) is 0 Å². The normalized spacial score (nSPS) is 10.4. The van der Waals surface area contributed by atoms with Crippen molar-refractivity contribution in [2.75, 3.05) is 11.9 Å². The third-order valence-corrected chi connectivity index (χ3v) is 3.24. The molecule has 0 bridgehead atoms. The molecule has 1 aromatic carbocycles. The zero-order valence-electron chi connectivity index (χ0n) is 11.3. The Morgan fingerprint density at radius 1 is 1.21 bits per heavy atom. The molecular weight excluding hydrogens is 264 g/mol. The second-order valence-corrected chi connectivity index (χ2v) is 5.05. The summed E-state index contributed by atoms with van der Waals surface area (Å²) < 4.78 is 0. The van der Waals surface area contributed by atoms with E-state index in [4.69, 9.17) is 11.6 Å². The number of hydrogen-bond acceptors (Lipinski definition) is 3. The first kappa shape index (κ1) is 15.8. The maximum Gasteiger partial charge on any atom is 0.293 e. The molecule has 0 saturated heterocycles. The van der Waals surface area contributed by atoms with Crippen LogP contribution in [0.3, 0.4) is 0 Å². The van der Waals surface area contributed by atoms with Gasteiger partial charge in [0.1, 0.15) is 5.69 Å². The van der Waals surface area contributed by atoms with Crippen molar-refractivity contribution in [3.8, 4) is 0 Å². The van der Waals surface area contributed by atoms with Crippen molar-refractivity contribution in [1.82, 2.24) is 0 Å². The Bertz CT molecular complexity index is 410. The summed E-state index contributed by atoms with van der Waals surface area (Å²) in [5.74, 6) is 0. The molecule has 0 radical (unpaired) electrons. The van der Waals surface area contributed by atoms with E-state index in [0.717, 1.165) is 19.4 Å². The molecule has 0 aliphatic heterocycles. The maximum atomic E-state index is 10.9. The fourth-order valence-corrected chi connectivity index (χ4v) is 2.10. The van der Waals surface area contributed by atoms with E-state index in [1.54, 1.807) is 12.1 Å². The quantitative estimate of drug-likeness (QED) is 0.393. The highest BCUT2D eigenvalue weighted by atomic mass is 35.5. The molecule has 1 aromatic rings. The lowest BCUT2D eigenvalue weighted by Crippen LogP contribution is -2.04. The van der Waals surface area contributed by atoms with Crippen molar-refractivity contribution in [3.05, 3.63) is 33.3 Å². The van der Waals surface area contributed by atoms with E-state index < -0.39 is 4.92 Å². The lowest BCUT2D eigenvalue weighted by atomic mass is 10.1. The summed E-state index contributed by atoms with van der Waals surface area (Å²) in [5, 5.41) is 14.4. The molecule has 4 nitrogen and oxygen atoms in total. The van der Waals surface area contributed by atoms with Crippen LogP contribution in [-0.2, 0) is 0 Å². The average molecular weight is 285 g/mol. The number of nitro groups is 1. The summed E-state index contributed by atoms with van der Waals surface area (Å²) in [5.41, 5.74) is 0.585. The number of nitrogens with one attached hydrogen (secondary N) is 1. The van der Waals surface area contributed by atoms with Crippen LogP contribution in [-0.4, -0.2) is 11.5 Å². The fourth-order valence-electron chi connectivity index (χ4n) is 1.93. The molecule has 0 amide bonds. The van der Waals surface area contributed by atoms with Crippen LogP contribution in [0.4, 0.5) is 11.4 Å². The van der Waals surface area contributed by atoms with Gasteiger partial charge in [-0.3, -0.25) is 10.1 Å². The number of anilines is 1. The highest BCUT2D eigenvalue weighted by molar-refractivity contribution is 6.30. The Morgan fingerprint density at radius 2 is 1.89 bits per heavy atom. The highest BCUT2D eigenvalue weighted by Gasteiger charge is 2.13. The van der Waals surface area contributed by atoms with Crippen LogP contribution in [0.1, 0.15) is 45.4 Å². The largest absolute Gasteiger partial charge is 0.379 e. The number of nitro benzene ring substituents is 1. The van der Waals surface area contributed by atoms with Crippen molar-refractivity contribution >= 4 is 23.0 Å². The van der Waals surface area contributed by atoms with E-state index in [9.17, 15) is 10.1 Å². The summed E-state index contributed by atoms with van der Waals surface area (Å²) in [6, 6.07) is 4.71. The molecule has 0 saturated carbocycles. The van der Waals surface area contributed by atoms with Gasteiger partial charge in [-0.25, -0.2) is 0 Å². The standard InChI is InChI=1S/C14H21ClN2O2/c1-2-3-4-5-6-7-10-16-13-9-8-12(15)11-14(13)17(18)19/h8-9,11,16H,2-7,10H2,1H3. The number of halogens is 1. The summed E-state index contributed by atoms with van der Waals surface area (Å²) in [7, 11) is 0. The SMILES string of the molecule is CCCCCCCCNc1ccc(Cl)cc1[N+](=O)[O-]. The Kier molecular flexibility index (Phi) is 7.26. The van der Waals surface area contributed by atoms with Crippen LogP contribution in [0, 0.1) is 10.1 Å². The third kappa shape index (κ3) is 5.92. The molecule has 106 valence electrons. The van der Waals surface area contributed by atoms with Gasteiger partial charge in [-0.15, -0.1) is 0 Å². The van der Waals surface area contributed by atoms with Gasteiger partial charge in [0, 0.05) is 17.6 Å². The molecule has 1 N–H and O–H groups in total. The zero-order chi connectivity index (χ0) is 14.1. The van der Waals surface area contributed by atoms with E-state index >= 15 is 0 Å². The van der Waals surface area contributed by atoms with Gasteiger partial charge in [-0.1, -0.05) is 50.6 Å². The monoisotopic (exact) mass is 284 g/mol. The summed E-state index contributed by atoms with van der Waals surface area (Å²) in [6.45, 7) is 2.95. The summed E-state index contributed by atoms with van der Waals surface area (Å²) >= 11 is 5.76. The van der Waals surface area contributed by atoms with Crippen LogP contribution in [0.25, 0.3) is 0 Å². The van der Waals surface area contributed by atoms with E-state index in [1.807, 2.05) is 0 Å². The Morgan fingerprint density at radius 3 is 2.58 bits per heavy atom. The van der Waals surface area contributed by atoms with E-state index in [2.05, 4.69) is 12.2 Å². The number of benzene rings is 1. The topological polar surface area (TPSA) is 55.2 Å². The smallest absolute Gasteiger partial charge is 0.293 e. The minimum Gasteiger partial charge on any atom is -0.379 e. The van der Waals surface area contributed by atoms with Gasteiger partial charge in [0.25, 0.3) is 5.69 Å². The van der Waals surface area contributed by atoms with Gasteiger partial charge in [-0.05, 0) is 18.6 Å². The molecule has 5 heteroatoms. The molecular formula is C14H21ClN2O2. The van der Waals surface area contributed by atoms with Gasteiger partial charge < -0.3 is 5.32 Å². The Balaban J connectivity index is 2.35. The van der Waals surface area contributed by atoms with Crippen molar-refractivity contribution in [3.63, 3.8) is 0 Å². The van der Waals surface area contributed by atoms with Crippen molar-refractivity contribution < 1.29 is 4.92 Å². The number of rotatable bonds is 9. The van der Waals surface area contributed by atoms with Gasteiger partial charge in [-0.2, -0.15) is 0 Å². The first-order chi connectivity index (χ1) is 9.15. The van der Waals surface area contributed by atoms with Gasteiger partial charge in [0.05, 0.1) is 4.92 Å². The van der Waals surface area contributed by atoms with Crippen LogP contribution in [0.5, 0.6) is 0 Å². The van der Waals surface area contributed by atoms with Gasteiger partial charge >= 0.3 is 0 Å². The lowest BCUT2D eigenvalue weighted by molar-refractivity contribution is -0.383.